The molecular weight excluding hydrogens is 180 g/mol. The lowest BCUT2D eigenvalue weighted by Crippen LogP contribution is -2.47. The summed E-state index contributed by atoms with van der Waals surface area (Å²) in [6.07, 6.45) is 1.65. The Morgan fingerprint density at radius 2 is 1.36 bits per heavy atom. The Kier molecular flexibility index (Phi) is 2.82. The summed E-state index contributed by atoms with van der Waals surface area (Å²) < 4.78 is 0. The maximum atomic E-state index is 9.83. The van der Waals surface area contributed by atoms with Crippen molar-refractivity contribution in [3.63, 3.8) is 0 Å². The number of aliphatic hydroxyl groups excluding tert-OH is 3. The third-order valence-electron chi connectivity index (χ3n) is 4.16. The Labute approximate surface area is 84.8 Å². The van der Waals surface area contributed by atoms with Crippen LogP contribution in [0.4, 0.5) is 0 Å². The van der Waals surface area contributed by atoms with E-state index in [1.54, 1.807) is 0 Å². The summed E-state index contributed by atoms with van der Waals surface area (Å²) in [5.41, 5.74) is 0. The van der Waals surface area contributed by atoms with Gasteiger partial charge in [-0.3, -0.25) is 0 Å². The number of hydrogen-bond donors (Lipinski definition) is 3. The Morgan fingerprint density at radius 3 is 2.00 bits per heavy atom. The Hall–Kier alpha value is -0.120. The van der Waals surface area contributed by atoms with E-state index in [9.17, 15) is 15.3 Å². The van der Waals surface area contributed by atoms with Crippen molar-refractivity contribution in [2.75, 3.05) is 0 Å². The van der Waals surface area contributed by atoms with Gasteiger partial charge in [0, 0.05) is 0 Å². The van der Waals surface area contributed by atoms with Crippen LogP contribution in [0.25, 0.3) is 0 Å². The summed E-state index contributed by atoms with van der Waals surface area (Å²) in [5.74, 6) is 1.18. The standard InChI is InChI=1S/C11H20O3/c1-6-2-3-9(12)8-5-11(14)10(13)4-7(6)8/h6-14H,2-5H2,1H3. The predicted molar refractivity (Wildman–Crippen MR) is 52.6 cm³/mol. The predicted octanol–water partition coefficient (Wildman–Crippen LogP) is 0.525. The van der Waals surface area contributed by atoms with Gasteiger partial charge < -0.3 is 15.3 Å². The molecule has 3 N–H and O–H groups in total. The van der Waals surface area contributed by atoms with Crippen LogP contribution in [0.5, 0.6) is 0 Å². The van der Waals surface area contributed by atoms with E-state index in [0.29, 0.717) is 24.7 Å². The minimum atomic E-state index is -0.629. The summed E-state index contributed by atoms with van der Waals surface area (Å²) in [5, 5.41) is 29.0. The molecule has 0 aromatic carbocycles. The first-order valence-electron chi connectivity index (χ1n) is 5.63. The van der Waals surface area contributed by atoms with Gasteiger partial charge in [-0.1, -0.05) is 6.92 Å². The van der Waals surface area contributed by atoms with Crippen molar-refractivity contribution >= 4 is 0 Å². The third kappa shape index (κ3) is 1.69. The lowest BCUT2D eigenvalue weighted by atomic mass is 9.63. The van der Waals surface area contributed by atoms with Crippen molar-refractivity contribution in [2.24, 2.45) is 17.8 Å². The lowest BCUT2D eigenvalue weighted by molar-refractivity contribution is -0.104. The highest BCUT2D eigenvalue weighted by Crippen LogP contribution is 2.43. The quantitative estimate of drug-likeness (QED) is 0.534. The Morgan fingerprint density at radius 1 is 0.786 bits per heavy atom. The van der Waals surface area contributed by atoms with E-state index in [0.717, 1.165) is 12.8 Å². The molecule has 3 nitrogen and oxygen atoms in total. The van der Waals surface area contributed by atoms with E-state index in [4.69, 9.17) is 0 Å². The fraction of sp³-hybridized carbons (Fsp3) is 1.00. The van der Waals surface area contributed by atoms with Crippen molar-refractivity contribution in [3.05, 3.63) is 0 Å². The fourth-order valence-corrected chi connectivity index (χ4v) is 3.18. The second-order valence-corrected chi connectivity index (χ2v) is 5.06. The van der Waals surface area contributed by atoms with E-state index in [-0.39, 0.29) is 12.0 Å². The van der Waals surface area contributed by atoms with E-state index in [2.05, 4.69) is 6.92 Å². The number of fused-ring (bicyclic) bond motifs is 1. The molecule has 3 heteroatoms. The van der Waals surface area contributed by atoms with Gasteiger partial charge in [0.05, 0.1) is 18.3 Å². The van der Waals surface area contributed by atoms with Crippen molar-refractivity contribution in [1.82, 2.24) is 0 Å². The number of hydrogen-bond acceptors (Lipinski definition) is 3. The van der Waals surface area contributed by atoms with Gasteiger partial charge in [-0.05, 0) is 43.4 Å². The van der Waals surface area contributed by atoms with Crippen LogP contribution < -0.4 is 0 Å². The molecule has 14 heavy (non-hydrogen) atoms. The molecule has 0 aromatic rings. The Bertz CT molecular complexity index is 185. The van der Waals surface area contributed by atoms with Crippen LogP contribution in [-0.4, -0.2) is 33.6 Å². The van der Waals surface area contributed by atoms with Crippen molar-refractivity contribution in [2.45, 2.75) is 50.9 Å². The monoisotopic (exact) mass is 200 g/mol. The Balaban J connectivity index is 2.10. The van der Waals surface area contributed by atoms with Crippen LogP contribution in [-0.2, 0) is 0 Å². The minimum Gasteiger partial charge on any atom is -0.393 e. The molecule has 0 heterocycles. The highest BCUT2D eigenvalue weighted by atomic mass is 16.3. The minimum absolute atomic E-state index is 0.206. The normalized spacial score (nSPS) is 54.0. The molecule has 2 fully saturated rings. The zero-order valence-electron chi connectivity index (χ0n) is 8.63. The number of aliphatic hydroxyl groups is 3. The average Bonchev–Trinajstić information content (AvgIpc) is 2.15. The van der Waals surface area contributed by atoms with Crippen LogP contribution in [0, 0.1) is 17.8 Å². The van der Waals surface area contributed by atoms with Crippen LogP contribution in [0.15, 0.2) is 0 Å². The first-order valence-corrected chi connectivity index (χ1v) is 5.63. The first-order chi connectivity index (χ1) is 6.59. The summed E-state index contributed by atoms with van der Waals surface area (Å²) >= 11 is 0. The first kappa shape index (κ1) is 10.4. The van der Waals surface area contributed by atoms with E-state index in [1.807, 2.05) is 0 Å². The summed E-state index contributed by atoms with van der Waals surface area (Å²) in [6, 6.07) is 0. The molecule has 6 unspecified atom stereocenters. The van der Waals surface area contributed by atoms with Gasteiger partial charge in [0.25, 0.3) is 0 Å². The maximum absolute atomic E-state index is 9.83. The molecule has 0 saturated heterocycles. The highest BCUT2D eigenvalue weighted by Gasteiger charge is 2.43. The SMILES string of the molecule is CC1CCC(O)C2CC(O)C(O)CC12. The molecule has 82 valence electrons. The van der Waals surface area contributed by atoms with Gasteiger partial charge in [-0.2, -0.15) is 0 Å². The summed E-state index contributed by atoms with van der Waals surface area (Å²) in [7, 11) is 0. The molecule has 0 spiro atoms. The summed E-state index contributed by atoms with van der Waals surface area (Å²) in [6.45, 7) is 2.19. The van der Waals surface area contributed by atoms with Gasteiger partial charge in [0.1, 0.15) is 0 Å². The molecule has 6 atom stereocenters. The van der Waals surface area contributed by atoms with Gasteiger partial charge in [-0.15, -0.1) is 0 Å². The molecule has 2 rings (SSSR count). The zero-order chi connectivity index (χ0) is 10.3. The average molecular weight is 200 g/mol. The lowest BCUT2D eigenvalue weighted by Gasteiger charge is -2.46. The molecule has 0 amide bonds. The van der Waals surface area contributed by atoms with Crippen molar-refractivity contribution in [3.8, 4) is 0 Å². The maximum Gasteiger partial charge on any atom is 0.0802 e. The van der Waals surface area contributed by atoms with E-state index in [1.165, 1.54) is 0 Å². The molecule has 0 aliphatic heterocycles. The van der Waals surface area contributed by atoms with Crippen LogP contribution in [0.3, 0.4) is 0 Å². The van der Waals surface area contributed by atoms with Gasteiger partial charge in [0.2, 0.25) is 0 Å². The molecule has 2 aliphatic rings. The number of rotatable bonds is 0. The van der Waals surface area contributed by atoms with Gasteiger partial charge in [-0.25, -0.2) is 0 Å². The van der Waals surface area contributed by atoms with Gasteiger partial charge >= 0.3 is 0 Å². The largest absolute Gasteiger partial charge is 0.393 e. The second-order valence-electron chi connectivity index (χ2n) is 5.06. The van der Waals surface area contributed by atoms with Crippen LogP contribution >= 0.6 is 0 Å². The summed E-state index contributed by atoms with van der Waals surface area (Å²) in [4.78, 5) is 0. The fourth-order valence-electron chi connectivity index (χ4n) is 3.18. The molecule has 0 bridgehead atoms. The van der Waals surface area contributed by atoms with E-state index < -0.39 is 12.2 Å². The zero-order valence-corrected chi connectivity index (χ0v) is 8.63. The molecular formula is C11H20O3. The smallest absolute Gasteiger partial charge is 0.0802 e. The molecule has 2 saturated carbocycles. The van der Waals surface area contributed by atoms with Crippen LogP contribution in [0.2, 0.25) is 0 Å². The molecule has 0 radical (unpaired) electrons. The van der Waals surface area contributed by atoms with Crippen LogP contribution in [0.1, 0.15) is 32.6 Å². The second kappa shape index (κ2) is 3.80. The highest BCUT2D eigenvalue weighted by molar-refractivity contribution is 4.93. The van der Waals surface area contributed by atoms with E-state index >= 15 is 0 Å². The topological polar surface area (TPSA) is 60.7 Å². The van der Waals surface area contributed by atoms with Gasteiger partial charge in [0.15, 0.2) is 0 Å². The van der Waals surface area contributed by atoms with Crippen molar-refractivity contribution in [1.29, 1.82) is 0 Å². The third-order valence-corrected chi connectivity index (χ3v) is 4.16. The molecule has 2 aliphatic carbocycles. The van der Waals surface area contributed by atoms with Crippen molar-refractivity contribution < 1.29 is 15.3 Å². The molecule has 0 aromatic heterocycles.